The van der Waals surface area contributed by atoms with Gasteiger partial charge in [0.1, 0.15) is 6.61 Å². The molecule has 0 fully saturated rings. The molecule has 0 atom stereocenters. The molecular formula is C25H28N2O3. The maximum Gasteiger partial charge on any atom is 0.241 e. The number of hydrogen-bond acceptors (Lipinski definition) is 4. The summed E-state index contributed by atoms with van der Waals surface area (Å²) < 4.78 is 11.1. The summed E-state index contributed by atoms with van der Waals surface area (Å²) in [5.41, 5.74) is 1.99. The minimum atomic E-state index is 0.0462. The Kier molecular flexibility index (Phi) is 7.86. The first-order chi connectivity index (χ1) is 14.7. The Hall–Kier alpha value is -3.31. The Morgan fingerprint density at radius 3 is 2.10 bits per heavy atom. The summed E-state index contributed by atoms with van der Waals surface area (Å²) in [5.74, 6) is 1.45. The van der Waals surface area contributed by atoms with Gasteiger partial charge in [-0.15, -0.1) is 0 Å². The largest absolute Gasteiger partial charge is 0.493 e. The zero-order chi connectivity index (χ0) is 21.2. The van der Waals surface area contributed by atoms with E-state index in [1.54, 1.807) is 7.11 Å². The van der Waals surface area contributed by atoms with E-state index >= 15 is 0 Å². The van der Waals surface area contributed by atoms with E-state index < -0.39 is 0 Å². The molecule has 0 aliphatic carbocycles. The molecule has 5 nitrogen and oxygen atoms in total. The molecule has 0 N–H and O–H groups in total. The van der Waals surface area contributed by atoms with Crippen molar-refractivity contribution < 1.29 is 14.3 Å². The van der Waals surface area contributed by atoms with Gasteiger partial charge >= 0.3 is 0 Å². The lowest BCUT2D eigenvalue weighted by Gasteiger charge is -2.26. The van der Waals surface area contributed by atoms with Gasteiger partial charge in [0, 0.05) is 12.2 Å². The molecular weight excluding hydrogens is 376 g/mol. The molecule has 0 radical (unpaired) electrons. The first-order valence-corrected chi connectivity index (χ1v) is 10.0. The van der Waals surface area contributed by atoms with Crippen molar-refractivity contribution in [3.63, 3.8) is 0 Å². The highest BCUT2D eigenvalue weighted by molar-refractivity contribution is 5.94. The number of likely N-dealkylation sites (N-methyl/N-ethyl adjacent to an activating group) is 1. The van der Waals surface area contributed by atoms with E-state index in [1.807, 2.05) is 102 Å². The third-order valence-electron chi connectivity index (χ3n) is 4.76. The molecule has 0 aromatic heterocycles. The molecule has 0 aliphatic rings. The van der Waals surface area contributed by atoms with Gasteiger partial charge in [-0.25, -0.2) is 0 Å². The van der Waals surface area contributed by atoms with Crippen LogP contribution in [0.25, 0.3) is 0 Å². The molecule has 1 amide bonds. The first-order valence-electron chi connectivity index (χ1n) is 10.0. The number of benzene rings is 3. The second kappa shape index (κ2) is 11.0. The second-order valence-electron chi connectivity index (χ2n) is 7.04. The normalized spacial score (nSPS) is 10.6. The molecule has 0 bridgehead atoms. The Morgan fingerprint density at radius 1 is 0.833 bits per heavy atom. The fourth-order valence-corrected chi connectivity index (χ4v) is 3.14. The highest BCUT2D eigenvalue weighted by Crippen LogP contribution is 2.25. The SMILES string of the molecule is COc1ccccc1OCCN(C)CC(=O)N(Cc1ccccc1)c1ccccc1. The molecule has 0 spiro atoms. The molecule has 5 heteroatoms. The summed E-state index contributed by atoms with van der Waals surface area (Å²) in [7, 11) is 3.55. The third kappa shape index (κ3) is 6.09. The molecule has 30 heavy (non-hydrogen) atoms. The van der Waals surface area contributed by atoms with Gasteiger partial charge in [-0.1, -0.05) is 60.7 Å². The third-order valence-corrected chi connectivity index (χ3v) is 4.76. The number of carbonyl (C=O) groups is 1. The molecule has 0 unspecified atom stereocenters. The van der Waals surface area contributed by atoms with Crippen LogP contribution in [0.1, 0.15) is 5.56 Å². The van der Waals surface area contributed by atoms with Crippen molar-refractivity contribution in [3.05, 3.63) is 90.5 Å². The van der Waals surface area contributed by atoms with Gasteiger partial charge in [0.2, 0.25) is 5.91 Å². The van der Waals surface area contributed by atoms with Crippen LogP contribution >= 0.6 is 0 Å². The van der Waals surface area contributed by atoms with E-state index in [0.29, 0.717) is 37.7 Å². The van der Waals surface area contributed by atoms with Gasteiger partial charge in [0.15, 0.2) is 11.5 Å². The molecule has 3 aromatic rings. The number of methoxy groups -OCH3 is 1. The summed E-state index contributed by atoms with van der Waals surface area (Å²) in [6, 6.07) is 27.4. The number of ether oxygens (including phenoxy) is 2. The summed E-state index contributed by atoms with van der Waals surface area (Å²) in [4.78, 5) is 16.9. The van der Waals surface area contributed by atoms with Crippen LogP contribution in [-0.2, 0) is 11.3 Å². The number of anilines is 1. The number of nitrogens with zero attached hydrogens (tertiary/aromatic N) is 2. The molecule has 0 aliphatic heterocycles. The molecule has 0 saturated heterocycles. The lowest BCUT2D eigenvalue weighted by atomic mass is 10.2. The fourth-order valence-electron chi connectivity index (χ4n) is 3.14. The Morgan fingerprint density at radius 2 is 1.43 bits per heavy atom. The topological polar surface area (TPSA) is 42.0 Å². The predicted molar refractivity (Wildman–Crippen MR) is 120 cm³/mol. The predicted octanol–water partition coefficient (Wildman–Crippen LogP) is 4.24. The average molecular weight is 405 g/mol. The number of amides is 1. The highest BCUT2D eigenvalue weighted by Gasteiger charge is 2.18. The van der Waals surface area contributed by atoms with Gasteiger partial charge in [-0.05, 0) is 36.9 Å². The van der Waals surface area contributed by atoms with Crippen LogP contribution in [0.15, 0.2) is 84.9 Å². The Balaban J connectivity index is 1.59. The second-order valence-corrected chi connectivity index (χ2v) is 7.04. The summed E-state index contributed by atoms with van der Waals surface area (Å²) in [6.45, 7) is 1.93. The highest BCUT2D eigenvalue weighted by atomic mass is 16.5. The lowest BCUT2D eigenvalue weighted by molar-refractivity contribution is -0.119. The minimum Gasteiger partial charge on any atom is -0.493 e. The number of para-hydroxylation sites is 3. The van der Waals surface area contributed by atoms with Crippen LogP contribution in [0, 0.1) is 0 Å². The van der Waals surface area contributed by atoms with Crippen LogP contribution in [0.2, 0.25) is 0 Å². The zero-order valence-corrected chi connectivity index (χ0v) is 17.5. The van der Waals surface area contributed by atoms with Crippen LogP contribution in [0.4, 0.5) is 5.69 Å². The quantitative estimate of drug-likeness (QED) is 0.507. The van der Waals surface area contributed by atoms with Gasteiger partial charge in [0.05, 0.1) is 20.2 Å². The van der Waals surface area contributed by atoms with Gasteiger partial charge in [-0.3, -0.25) is 9.69 Å². The van der Waals surface area contributed by atoms with Crippen LogP contribution in [-0.4, -0.2) is 44.7 Å². The molecule has 156 valence electrons. The monoisotopic (exact) mass is 404 g/mol. The standard InChI is InChI=1S/C25H28N2O3/c1-26(17-18-30-24-16-10-9-15-23(24)29-2)20-25(28)27(22-13-7-4-8-14-22)19-21-11-5-3-6-12-21/h3-16H,17-20H2,1-2H3. The summed E-state index contributed by atoms with van der Waals surface area (Å²) in [5, 5.41) is 0. The van der Waals surface area contributed by atoms with Gasteiger partial charge < -0.3 is 14.4 Å². The van der Waals surface area contributed by atoms with Crippen LogP contribution < -0.4 is 14.4 Å². The summed E-state index contributed by atoms with van der Waals surface area (Å²) in [6.07, 6.45) is 0. The van der Waals surface area contributed by atoms with Crippen molar-refractivity contribution in [1.29, 1.82) is 0 Å². The number of hydrogen-bond donors (Lipinski definition) is 0. The Bertz CT molecular complexity index is 916. The first kappa shape index (κ1) is 21.4. The van der Waals surface area contributed by atoms with Crippen molar-refractivity contribution >= 4 is 11.6 Å². The average Bonchev–Trinajstić information content (AvgIpc) is 2.79. The van der Waals surface area contributed by atoms with E-state index in [0.717, 1.165) is 11.3 Å². The van der Waals surface area contributed by atoms with Crippen molar-refractivity contribution in [1.82, 2.24) is 4.90 Å². The van der Waals surface area contributed by atoms with Crippen molar-refractivity contribution in [2.75, 3.05) is 38.8 Å². The minimum absolute atomic E-state index is 0.0462. The van der Waals surface area contributed by atoms with E-state index in [4.69, 9.17) is 9.47 Å². The van der Waals surface area contributed by atoms with E-state index in [-0.39, 0.29) is 5.91 Å². The van der Waals surface area contributed by atoms with Crippen LogP contribution in [0.3, 0.4) is 0 Å². The maximum atomic E-state index is 13.1. The van der Waals surface area contributed by atoms with Crippen molar-refractivity contribution in [2.45, 2.75) is 6.54 Å². The van der Waals surface area contributed by atoms with E-state index in [1.165, 1.54) is 0 Å². The summed E-state index contributed by atoms with van der Waals surface area (Å²) >= 11 is 0. The van der Waals surface area contributed by atoms with Gasteiger partial charge in [-0.2, -0.15) is 0 Å². The van der Waals surface area contributed by atoms with Crippen molar-refractivity contribution in [2.24, 2.45) is 0 Å². The molecule has 3 rings (SSSR count). The van der Waals surface area contributed by atoms with Crippen LogP contribution in [0.5, 0.6) is 11.5 Å². The van der Waals surface area contributed by atoms with Crippen molar-refractivity contribution in [3.8, 4) is 11.5 Å². The lowest BCUT2D eigenvalue weighted by Crippen LogP contribution is -2.40. The zero-order valence-electron chi connectivity index (χ0n) is 17.5. The molecule has 0 heterocycles. The number of rotatable bonds is 10. The maximum absolute atomic E-state index is 13.1. The van der Waals surface area contributed by atoms with Gasteiger partial charge in [0.25, 0.3) is 0 Å². The Labute approximate surface area is 178 Å². The molecule has 0 saturated carbocycles. The van der Waals surface area contributed by atoms with E-state index in [2.05, 4.69) is 0 Å². The van der Waals surface area contributed by atoms with E-state index in [9.17, 15) is 4.79 Å². The fraction of sp³-hybridized carbons (Fsp3) is 0.240. The molecule has 3 aromatic carbocycles. The smallest absolute Gasteiger partial charge is 0.241 e. The number of carbonyl (C=O) groups excluding carboxylic acids is 1.